The standard InChI is InChI=1S/C18H17ClF3N3OS/c1-27(26)13-5-6-14(19)15(10-13)24-17(23)25-8-2-3-11-9-12(18(20,21)22)4-7-16(11)25/h4-7,9-10H,2-3,8H2,1H3,(H2,23,24). The van der Waals surface area contributed by atoms with Crippen LogP contribution in [0, 0.1) is 0 Å². The van der Waals surface area contributed by atoms with Gasteiger partial charge >= 0.3 is 6.18 Å². The zero-order valence-electron chi connectivity index (χ0n) is 14.4. The molecule has 2 aromatic carbocycles. The van der Waals surface area contributed by atoms with Gasteiger partial charge in [0.25, 0.3) is 0 Å². The van der Waals surface area contributed by atoms with Crippen LogP contribution in [0.25, 0.3) is 0 Å². The normalized spacial score (nSPS) is 16.2. The maximum Gasteiger partial charge on any atom is 0.416 e. The minimum atomic E-state index is -4.39. The van der Waals surface area contributed by atoms with Gasteiger partial charge in [-0.1, -0.05) is 11.6 Å². The number of benzene rings is 2. The molecule has 2 aromatic rings. The topological polar surface area (TPSA) is 58.7 Å². The first-order valence-electron chi connectivity index (χ1n) is 8.11. The highest BCUT2D eigenvalue weighted by Crippen LogP contribution is 2.35. The van der Waals surface area contributed by atoms with Crippen molar-refractivity contribution in [3.05, 3.63) is 52.5 Å². The van der Waals surface area contributed by atoms with Crippen LogP contribution in [0.15, 0.2) is 46.3 Å². The Balaban J connectivity index is 1.98. The highest BCUT2D eigenvalue weighted by atomic mass is 35.5. The fraction of sp³-hybridized carbons (Fsp3) is 0.278. The van der Waals surface area contributed by atoms with Crippen LogP contribution in [0.2, 0.25) is 5.02 Å². The molecule has 0 bridgehead atoms. The molecular weight excluding hydrogens is 399 g/mol. The Hall–Kier alpha value is -2.06. The number of hydrogen-bond donors (Lipinski definition) is 1. The fourth-order valence-corrected chi connectivity index (χ4v) is 3.65. The van der Waals surface area contributed by atoms with E-state index in [9.17, 15) is 17.4 Å². The molecule has 0 fully saturated rings. The van der Waals surface area contributed by atoms with Crippen LogP contribution < -0.4 is 10.6 Å². The Morgan fingerprint density at radius 2 is 2.00 bits per heavy atom. The first-order valence-corrected chi connectivity index (χ1v) is 10.0. The predicted molar refractivity (Wildman–Crippen MR) is 102 cm³/mol. The molecule has 0 radical (unpaired) electrons. The maximum atomic E-state index is 12.9. The van der Waals surface area contributed by atoms with E-state index < -0.39 is 22.5 Å². The Kier molecular flexibility index (Phi) is 5.48. The van der Waals surface area contributed by atoms with Crippen molar-refractivity contribution < 1.29 is 17.4 Å². The lowest BCUT2D eigenvalue weighted by Crippen LogP contribution is -2.40. The summed E-state index contributed by atoms with van der Waals surface area (Å²) in [5.41, 5.74) is 6.99. The van der Waals surface area contributed by atoms with Crippen LogP contribution in [0.4, 0.5) is 24.5 Å². The van der Waals surface area contributed by atoms with Gasteiger partial charge in [0.15, 0.2) is 0 Å². The summed E-state index contributed by atoms with van der Waals surface area (Å²) in [6.07, 6.45) is -1.66. The molecule has 2 N–H and O–H groups in total. The van der Waals surface area contributed by atoms with Crippen molar-refractivity contribution in [2.75, 3.05) is 17.7 Å². The maximum absolute atomic E-state index is 12.9. The smallest absolute Gasteiger partial charge is 0.369 e. The van der Waals surface area contributed by atoms with E-state index in [1.54, 1.807) is 29.4 Å². The Morgan fingerprint density at radius 1 is 1.26 bits per heavy atom. The van der Waals surface area contributed by atoms with Crippen molar-refractivity contribution >= 4 is 39.7 Å². The van der Waals surface area contributed by atoms with Gasteiger partial charge in [0.2, 0.25) is 5.96 Å². The molecule has 0 aromatic heterocycles. The van der Waals surface area contributed by atoms with Gasteiger partial charge in [-0.2, -0.15) is 13.2 Å². The molecular formula is C18H17ClF3N3OS. The van der Waals surface area contributed by atoms with E-state index in [1.807, 2.05) is 0 Å². The van der Waals surface area contributed by atoms with Crippen LogP contribution in [-0.4, -0.2) is 23.0 Å². The van der Waals surface area contributed by atoms with E-state index in [0.29, 0.717) is 46.2 Å². The van der Waals surface area contributed by atoms with Crippen LogP contribution in [-0.2, 0) is 23.4 Å². The third kappa shape index (κ3) is 4.27. The van der Waals surface area contributed by atoms with Gasteiger partial charge in [-0.3, -0.25) is 4.21 Å². The third-order valence-corrected chi connectivity index (χ3v) is 5.52. The van der Waals surface area contributed by atoms with Crippen LogP contribution in [0.3, 0.4) is 0 Å². The van der Waals surface area contributed by atoms with Gasteiger partial charge in [-0.25, -0.2) is 4.99 Å². The molecule has 1 aliphatic heterocycles. The average Bonchev–Trinajstić information content (AvgIpc) is 2.61. The molecule has 0 amide bonds. The molecule has 1 heterocycles. The summed E-state index contributed by atoms with van der Waals surface area (Å²) >= 11 is 6.15. The summed E-state index contributed by atoms with van der Waals surface area (Å²) in [6, 6.07) is 8.43. The zero-order chi connectivity index (χ0) is 19.8. The number of fused-ring (bicyclic) bond motifs is 1. The summed E-state index contributed by atoms with van der Waals surface area (Å²) in [5.74, 6) is 0.122. The van der Waals surface area contributed by atoms with Crippen LogP contribution in [0.5, 0.6) is 0 Å². The number of rotatable bonds is 2. The van der Waals surface area contributed by atoms with Gasteiger partial charge in [-0.05, 0) is 54.8 Å². The fourth-order valence-electron chi connectivity index (χ4n) is 2.95. The van der Waals surface area contributed by atoms with Crippen molar-refractivity contribution in [1.82, 2.24) is 0 Å². The minimum absolute atomic E-state index is 0.122. The number of nitrogens with zero attached hydrogens (tertiary/aromatic N) is 2. The van der Waals surface area contributed by atoms with E-state index in [4.69, 9.17) is 17.3 Å². The number of hydrogen-bond acceptors (Lipinski definition) is 2. The lowest BCUT2D eigenvalue weighted by molar-refractivity contribution is -0.137. The minimum Gasteiger partial charge on any atom is -0.369 e. The molecule has 0 saturated heterocycles. The largest absolute Gasteiger partial charge is 0.416 e. The van der Waals surface area contributed by atoms with E-state index in [0.717, 1.165) is 12.1 Å². The monoisotopic (exact) mass is 415 g/mol. The summed E-state index contributed by atoms with van der Waals surface area (Å²) in [5, 5.41) is 0.344. The van der Waals surface area contributed by atoms with Crippen LogP contribution in [0.1, 0.15) is 17.5 Å². The van der Waals surface area contributed by atoms with Crippen molar-refractivity contribution in [3.8, 4) is 0 Å². The molecule has 27 heavy (non-hydrogen) atoms. The molecule has 0 aliphatic carbocycles. The Labute approximate surface area is 162 Å². The summed E-state index contributed by atoms with van der Waals surface area (Å²) in [7, 11) is -1.20. The lowest BCUT2D eigenvalue weighted by Gasteiger charge is -2.30. The van der Waals surface area contributed by atoms with Crippen molar-refractivity contribution in [2.24, 2.45) is 10.7 Å². The van der Waals surface area contributed by atoms with E-state index >= 15 is 0 Å². The summed E-state index contributed by atoms with van der Waals surface area (Å²) in [4.78, 5) is 6.55. The molecule has 0 spiro atoms. The second-order valence-electron chi connectivity index (χ2n) is 6.13. The van der Waals surface area contributed by atoms with Gasteiger partial charge in [-0.15, -0.1) is 0 Å². The molecule has 4 nitrogen and oxygen atoms in total. The number of halogens is 4. The average molecular weight is 416 g/mol. The Bertz CT molecular complexity index is 931. The molecule has 3 rings (SSSR count). The summed E-state index contributed by atoms with van der Waals surface area (Å²) in [6.45, 7) is 0.532. The second-order valence-corrected chi connectivity index (χ2v) is 7.92. The summed E-state index contributed by atoms with van der Waals surface area (Å²) < 4.78 is 50.5. The van der Waals surface area contributed by atoms with Gasteiger partial charge in [0.05, 0.1) is 16.3 Å². The van der Waals surface area contributed by atoms with Gasteiger partial charge < -0.3 is 10.6 Å². The lowest BCUT2D eigenvalue weighted by atomic mass is 9.99. The number of nitrogens with two attached hydrogens (primary N) is 1. The highest BCUT2D eigenvalue weighted by molar-refractivity contribution is 7.84. The highest BCUT2D eigenvalue weighted by Gasteiger charge is 2.32. The number of aliphatic imine (C=N–C) groups is 1. The van der Waals surface area contributed by atoms with Crippen molar-refractivity contribution in [2.45, 2.75) is 23.9 Å². The first-order chi connectivity index (χ1) is 12.7. The number of alkyl halides is 3. The van der Waals surface area contributed by atoms with Crippen molar-refractivity contribution in [3.63, 3.8) is 0 Å². The van der Waals surface area contributed by atoms with Gasteiger partial charge in [0.1, 0.15) is 0 Å². The molecule has 1 aliphatic rings. The predicted octanol–water partition coefficient (Wildman–Crippen LogP) is 4.50. The molecule has 1 atom stereocenters. The number of guanidine groups is 1. The van der Waals surface area contributed by atoms with E-state index in [2.05, 4.69) is 4.99 Å². The van der Waals surface area contributed by atoms with Gasteiger partial charge in [0, 0.05) is 34.2 Å². The quantitative estimate of drug-likeness (QED) is 0.580. The molecule has 0 saturated carbocycles. The molecule has 1 unspecified atom stereocenters. The van der Waals surface area contributed by atoms with E-state index in [-0.39, 0.29) is 5.96 Å². The first kappa shape index (κ1) is 19.7. The van der Waals surface area contributed by atoms with Crippen molar-refractivity contribution in [1.29, 1.82) is 0 Å². The second kappa shape index (κ2) is 7.52. The van der Waals surface area contributed by atoms with E-state index in [1.165, 1.54) is 6.07 Å². The third-order valence-electron chi connectivity index (χ3n) is 4.29. The van der Waals surface area contributed by atoms with Crippen LogP contribution >= 0.6 is 11.6 Å². The number of anilines is 1. The zero-order valence-corrected chi connectivity index (χ0v) is 16.0. The molecule has 9 heteroatoms. The number of aryl methyl sites for hydroxylation is 1. The SMILES string of the molecule is CS(=O)c1ccc(Cl)c(N=C(N)N2CCCc3cc(C(F)(F)F)ccc32)c1. The Morgan fingerprint density at radius 3 is 2.67 bits per heavy atom. The molecule has 144 valence electrons.